The Balaban J connectivity index is 1.34. The van der Waals surface area contributed by atoms with Gasteiger partial charge in [-0.3, -0.25) is 19.2 Å². The number of carbonyl (C=O) groups is 4. The molecule has 2 N–H and O–H groups in total. The van der Waals surface area contributed by atoms with Crippen LogP contribution in [-0.2, 0) is 17.8 Å². The summed E-state index contributed by atoms with van der Waals surface area (Å²) in [6, 6.07) is 17.6. The molecule has 0 saturated carbocycles. The van der Waals surface area contributed by atoms with Crippen LogP contribution in [0.3, 0.4) is 0 Å². The minimum Gasteiger partial charge on any atom is -0.394 e. The molecule has 170 valence electrons. The van der Waals surface area contributed by atoms with Crippen LogP contribution < -0.4 is 5.32 Å². The molecule has 0 unspecified atom stereocenters. The van der Waals surface area contributed by atoms with Gasteiger partial charge in [0.2, 0.25) is 5.91 Å². The Kier molecular flexibility index (Phi) is 5.55. The van der Waals surface area contributed by atoms with E-state index in [1.54, 1.807) is 29.2 Å². The van der Waals surface area contributed by atoms with E-state index in [0.717, 1.165) is 5.56 Å². The molecule has 0 bridgehead atoms. The lowest BCUT2D eigenvalue weighted by atomic mass is 9.83. The summed E-state index contributed by atoms with van der Waals surface area (Å²) < 4.78 is 0. The number of hydrogen-bond acceptors (Lipinski definition) is 5. The molecule has 3 aromatic rings. The summed E-state index contributed by atoms with van der Waals surface area (Å²) in [5, 5.41) is 12.4. The Labute approximate surface area is 196 Å². The Bertz CT molecular complexity index is 1350. The van der Waals surface area contributed by atoms with Crippen LogP contribution in [0.2, 0.25) is 0 Å². The second-order valence-corrected chi connectivity index (χ2v) is 8.45. The van der Waals surface area contributed by atoms with Gasteiger partial charge in [0.15, 0.2) is 11.6 Å². The SMILES string of the molecule is O=C(N[C@@H](CO)C(=O)N1CCc2ccccc2C1)c1ccc2c(c1)C(=O)c1ccccc1C2=O. The summed E-state index contributed by atoms with van der Waals surface area (Å²) in [5.74, 6) is -1.58. The fraction of sp³-hybridized carbons (Fsp3) is 0.185. The highest BCUT2D eigenvalue weighted by Crippen LogP contribution is 2.28. The number of nitrogens with zero attached hydrogens (tertiary/aromatic N) is 1. The van der Waals surface area contributed by atoms with Gasteiger partial charge in [0.05, 0.1) is 6.61 Å². The van der Waals surface area contributed by atoms with Crippen molar-refractivity contribution in [1.82, 2.24) is 10.2 Å². The smallest absolute Gasteiger partial charge is 0.252 e. The third-order valence-electron chi connectivity index (χ3n) is 6.42. The van der Waals surface area contributed by atoms with Gasteiger partial charge >= 0.3 is 0 Å². The summed E-state index contributed by atoms with van der Waals surface area (Å²) in [5.41, 5.74) is 3.39. The predicted octanol–water partition coefficient (Wildman–Crippen LogP) is 2.14. The van der Waals surface area contributed by atoms with Crippen LogP contribution in [0.25, 0.3) is 0 Å². The van der Waals surface area contributed by atoms with Crippen LogP contribution in [0.4, 0.5) is 0 Å². The number of fused-ring (bicyclic) bond motifs is 3. The van der Waals surface area contributed by atoms with E-state index in [-0.39, 0.29) is 34.2 Å². The first-order chi connectivity index (χ1) is 16.5. The maximum absolute atomic E-state index is 13.0. The predicted molar refractivity (Wildman–Crippen MR) is 124 cm³/mol. The Morgan fingerprint density at radius 3 is 2.18 bits per heavy atom. The molecule has 3 aromatic carbocycles. The molecule has 0 spiro atoms. The molecule has 2 aliphatic rings. The fourth-order valence-electron chi connectivity index (χ4n) is 4.57. The van der Waals surface area contributed by atoms with Gasteiger partial charge in [-0.1, -0.05) is 48.5 Å². The zero-order valence-corrected chi connectivity index (χ0v) is 18.3. The van der Waals surface area contributed by atoms with Gasteiger partial charge in [-0.05, 0) is 35.7 Å². The summed E-state index contributed by atoms with van der Waals surface area (Å²) in [6.07, 6.45) is 0.705. The molecule has 1 heterocycles. The van der Waals surface area contributed by atoms with E-state index in [2.05, 4.69) is 5.32 Å². The lowest BCUT2D eigenvalue weighted by Crippen LogP contribution is -2.51. The largest absolute Gasteiger partial charge is 0.394 e. The van der Waals surface area contributed by atoms with Crippen LogP contribution in [-0.4, -0.2) is 52.6 Å². The van der Waals surface area contributed by atoms with Gasteiger partial charge in [-0.25, -0.2) is 0 Å². The van der Waals surface area contributed by atoms with Gasteiger partial charge in [0.1, 0.15) is 6.04 Å². The molecule has 5 rings (SSSR count). The Morgan fingerprint density at radius 2 is 1.47 bits per heavy atom. The third-order valence-corrected chi connectivity index (χ3v) is 6.42. The zero-order valence-electron chi connectivity index (χ0n) is 18.3. The molecule has 7 heteroatoms. The number of aliphatic hydroxyl groups is 1. The van der Waals surface area contributed by atoms with Gasteiger partial charge in [0, 0.05) is 40.9 Å². The highest BCUT2D eigenvalue weighted by Gasteiger charge is 2.31. The molecule has 1 aliphatic heterocycles. The van der Waals surface area contributed by atoms with Gasteiger partial charge in [-0.15, -0.1) is 0 Å². The molecule has 0 aromatic heterocycles. The minimum absolute atomic E-state index is 0.134. The molecular weight excluding hydrogens is 432 g/mol. The lowest BCUT2D eigenvalue weighted by Gasteiger charge is -2.31. The molecule has 0 saturated heterocycles. The van der Waals surface area contributed by atoms with Gasteiger partial charge in [-0.2, -0.15) is 0 Å². The molecule has 34 heavy (non-hydrogen) atoms. The zero-order chi connectivity index (χ0) is 23.8. The first-order valence-electron chi connectivity index (χ1n) is 11.1. The Hall–Kier alpha value is -4.10. The maximum atomic E-state index is 13.0. The summed E-state index contributed by atoms with van der Waals surface area (Å²) >= 11 is 0. The summed E-state index contributed by atoms with van der Waals surface area (Å²) in [4.78, 5) is 53.3. The first-order valence-corrected chi connectivity index (χ1v) is 11.1. The van der Waals surface area contributed by atoms with E-state index in [4.69, 9.17) is 0 Å². The normalized spacial score (nSPS) is 15.1. The second-order valence-electron chi connectivity index (χ2n) is 8.45. The lowest BCUT2D eigenvalue weighted by molar-refractivity contribution is -0.135. The Morgan fingerprint density at radius 1 is 0.853 bits per heavy atom. The van der Waals surface area contributed by atoms with E-state index in [1.165, 1.54) is 23.8 Å². The average Bonchev–Trinajstić information content (AvgIpc) is 2.89. The number of rotatable bonds is 4. The quantitative estimate of drug-likeness (QED) is 0.492. The number of aliphatic hydroxyl groups excluding tert-OH is 1. The van der Waals surface area contributed by atoms with Gasteiger partial charge < -0.3 is 15.3 Å². The second kappa shape index (κ2) is 8.68. The molecule has 0 radical (unpaired) electrons. The molecular formula is C27H22N2O5. The minimum atomic E-state index is -1.12. The molecule has 7 nitrogen and oxygen atoms in total. The number of nitrogens with one attached hydrogen (secondary N) is 1. The summed E-state index contributed by atoms with van der Waals surface area (Å²) in [6.45, 7) is 0.353. The van der Waals surface area contributed by atoms with Crippen LogP contribution in [0.15, 0.2) is 66.7 Å². The molecule has 2 amide bonds. The highest BCUT2D eigenvalue weighted by molar-refractivity contribution is 6.28. The molecule has 1 aliphatic carbocycles. The maximum Gasteiger partial charge on any atom is 0.252 e. The van der Waals surface area contributed by atoms with E-state index >= 15 is 0 Å². The van der Waals surface area contributed by atoms with E-state index in [0.29, 0.717) is 30.6 Å². The van der Waals surface area contributed by atoms with E-state index in [1.807, 2.05) is 24.3 Å². The van der Waals surface area contributed by atoms with Crippen LogP contribution in [0.1, 0.15) is 53.3 Å². The van der Waals surface area contributed by atoms with Gasteiger partial charge in [0.25, 0.3) is 5.91 Å². The highest BCUT2D eigenvalue weighted by atomic mass is 16.3. The van der Waals surface area contributed by atoms with Crippen molar-refractivity contribution in [3.8, 4) is 0 Å². The fourth-order valence-corrected chi connectivity index (χ4v) is 4.57. The van der Waals surface area contributed by atoms with Crippen molar-refractivity contribution >= 4 is 23.4 Å². The van der Waals surface area contributed by atoms with Crippen molar-refractivity contribution < 1.29 is 24.3 Å². The monoisotopic (exact) mass is 454 g/mol. The summed E-state index contributed by atoms with van der Waals surface area (Å²) in [7, 11) is 0. The van der Waals surface area contributed by atoms with Crippen molar-refractivity contribution in [2.24, 2.45) is 0 Å². The van der Waals surface area contributed by atoms with Crippen molar-refractivity contribution in [3.63, 3.8) is 0 Å². The number of carbonyl (C=O) groups excluding carboxylic acids is 4. The van der Waals surface area contributed by atoms with Crippen molar-refractivity contribution in [1.29, 1.82) is 0 Å². The van der Waals surface area contributed by atoms with Crippen molar-refractivity contribution in [3.05, 3.63) is 106 Å². The van der Waals surface area contributed by atoms with E-state index < -0.39 is 18.6 Å². The average molecular weight is 454 g/mol. The van der Waals surface area contributed by atoms with Crippen LogP contribution >= 0.6 is 0 Å². The first kappa shape index (κ1) is 21.7. The number of benzene rings is 3. The van der Waals surface area contributed by atoms with Crippen molar-refractivity contribution in [2.45, 2.75) is 19.0 Å². The van der Waals surface area contributed by atoms with Crippen molar-refractivity contribution in [2.75, 3.05) is 13.2 Å². The van der Waals surface area contributed by atoms with Crippen LogP contribution in [0, 0.1) is 0 Å². The number of ketones is 2. The van der Waals surface area contributed by atoms with Crippen LogP contribution in [0.5, 0.6) is 0 Å². The molecule has 1 atom stereocenters. The molecule has 0 fully saturated rings. The van der Waals surface area contributed by atoms with E-state index in [9.17, 15) is 24.3 Å². The topological polar surface area (TPSA) is 104 Å². The number of amides is 2. The third kappa shape index (κ3) is 3.70. The standard InChI is InChI=1S/C27H22N2O5/c30-15-23(27(34)29-12-11-16-5-1-2-6-18(16)14-29)28-26(33)17-9-10-21-22(13-17)25(32)20-8-4-3-7-19(20)24(21)31/h1-10,13,23,30H,11-12,14-15H2,(H,28,33)/t23-/m0/s1. The number of hydrogen-bond donors (Lipinski definition) is 2.